The van der Waals surface area contributed by atoms with Gasteiger partial charge in [-0.05, 0) is 33.6 Å². The monoisotopic (exact) mass is 304 g/mol. The lowest BCUT2D eigenvalue weighted by Gasteiger charge is -2.33. The van der Waals surface area contributed by atoms with Gasteiger partial charge in [0.15, 0.2) is 0 Å². The molecule has 1 N–H and O–H groups in total. The number of nitrogens with one attached hydrogen (secondary N) is 1. The number of carbonyl (C=O) groups is 1. The van der Waals surface area contributed by atoms with Crippen molar-refractivity contribution in [2.24, 2.45) is 0 Å². The molecule has 0 saturated carbocycles. The highest BCUT2D eigenvalue weighted by Gasteiger charge is 2.20. The average Bonchev–Trinajstić information content (AvgIpc) is 2.36. The molecule has 1 heterocycles. The molecule has 5 nitrogen and oxygen atoms in total. The van der Waals surface area contributed by atoms with E-state index in [0.717, 1.165) is 26.1 Å². The van der Waals surface area contributed by atoms with Crippen LogP contribution in [0.25, 0.3) is 0 Å². The number of nitrogens with zero attached hydrogens (tertiary/aromatic N) is 1. The van der Waals surface area contributed by atoms with Gasteiger partial charge in [0.25, 0.3) is 0 Å². The van der Waals surface area contributed by atoms with Crippen molar-refractivity contribution in [1.82, 2.24) is 10.2 Å². The molecule has 0 aromatic carbocycles. The van der Waals surface area contributed by atoms with E-state index in [4.69, 9.17) is 21.1 Å². The highest BCUT2D eigenvalue weighted by Crippen LogP contribution is 2.14. The molecule has 1 fully saturated rings. The maximum absolute atomic E-state index is 11.6. The van der Waals surface area contributed by atoms with Gasteiger partial charge in [0.05, 0.1) is 0 Å². The van der Waals surface area contributed by atoms with Gasteiger partial charge >= 0.3 is 6.09 Å². The van der Waals surface area contributed by atoms with Crippen molar-refractivity contribution in [3.05, 3.63) is 11.7 Å². The van der Waals surface area contributed by atoms with Crippen molar-refractivity contribution in [2.45, 2.75) is 45.3 Å². The molecule has 0 aliphatic carbocycles. The zero-order valence-corrected chi connectivity index (χ0v) is 13.3. The van der Waals surface area contributed by atoms with Crippen molar-refractivity contribution in [3.8, 4) is 0 Å². The Bertz CT molecular complexity index is 323. The minimum absolute atomic E-state index is 0.390. The van der Waals surface area contributed by atoms with E-state index in [0.29, 0.717) is 19.1 Å². The molecule has 1 saturated heterocycles. The Morgan fingerprint density at radius 3 is 2.65 bits per heavy atom. The maximum Gasteiger partial charge on any atom is 0.407 e. The molecule has 0 aromatic heterocycles. The molecule has 0 unspecified atom stereocenters. The first-order valence-corrected chi connectivity index (χ1v) is 7.43. The minimum Gasteiger partial charge on any atom is -0.444 e. The van der Waals surface area contributed by atoms with Crippen LogP contribution >= 0.6 is 11.6 Å². The second kappa shape index (κ2) is 8.37. The molecule has 0 radical (unpaired) electrons. The SMILES string of the molecule is CC(C)(C)OC(=O)NCCN(C=CCl)C1CCOCC1. The first-order chi connectivity index (χ1) is 9.42. The summed E-state index contributed by atoms with van der Waals surface area (Å²) in [6.07, 6.45) is 3.43. The van der Waals surface area contributed by atoms with Crippen LogP contribution in [0.1, 0.15) is 33.6 Å². The summed E-state index contributed by atoms with van der Waals surface area (Å²) in [7, 11) is 0. The number of rotatable bonds is 5. The van der Waals surface area contributed by atoms with Crippen molar-refractivity contribution < 1.29 is 14.3 Å². The molecule has 0 bridgehead atoms. The fraction of sp³-hybridized carbons (Fsp3) is 0.786. The van der Waals surface area contributed by atoms with Gasteiger partial charge in [0, 0.05) is 44.1 Å². The summed E-state index contributed by atoms with van der Waals surface area (Å²) in [4.78, 5) is 13.7. The van der Waals surface area contributed by atoms with E-state index >= 15 is 0 Å². The maximum atomic E-state index is 11.6. The van der Waals surface area contributed by atoms with E-state index in [1.54, 1.807) is 0 Å². The smallest absolute Gasteiger partial charge is 0.407 e. The summed E-state index contributed by atoms with van der Waals surface area (Å²) in [5.41, 5.74) is 1.03. The van der Waals surface area contributed by atoms with E-state index in [-0.39, 0.29) is 6.09 Å². The third-order valence-electron chi connectivity index (χ3n) is 2.95. The largest absolute Gasteiger partial charge is 0.444 e. The summed E-state index contributed by atoms with van der Waals surface area (Å²) >= 11 is 5.68. The van der Waals surface area contributed by atoms with E-state index in [1.807, 2.05) is 27.0 Å². The minimum atomic E-state index is -0.472. The molecule has 1 rings (SSSR count). The zero-order valence-electron chi connectivity index (χ0n) is 12.5. The van der Waals surface area contributed by atoms with Crippen LogP contribution in [-0.2, 0) is 9.47 Å². The normalized spacial score (nSPS) is 17.2. The van der Waals surface area contributed by atoms with Crippen LogP contribution in [0.4, 0.5) is 4.79 Å². The molecule has 6 heteroatoms. The molecule has 1 amide bonds. The quantitative estimate of drug-likeness (QED) is 0.848. The van der Waals surface area contributed by atoms with Gasteiger partial charge in [0.1, 0.15) is 5.60 Å². The predicted molar refractivity (Wildman–Crippen MR) is 79.8 cm³/mol. The van der Waals surface area contributed by atoms with Gasteiger partial charge in [-0.3, -0.25) is 0 Å². The van der Waals surface area contributed by atoms with Crippen LogP contribution in [0.15, 0.2) is 11.7 Å². The Labute approximate surface area is 126 Å². The fourth-order valence-electron chi connectivity index (χ4n) is 2.07. The second-order valence-electron chi connectivity index (χ2n) is 5.79. The Hall–Kier alpha value is -0.940. The van der Waals surface area contributed by atoms with Crippen LogP contribution in [0.2, 0.25) is 0 Å². The number of alkyl carbamates (subject to hydrolysis) is 1. The number of carbonyl (C=O) groups excluding carboxylic acids is 1. The molecule has 0 atom stereocenters. The Morgan fingerprint density at radius 1 is 1.45 bits per heavy atom. The molecule has 116 valence electrons. The van der Waals surface area contributed by atoms with Crippen LogP contribution in [0, 0.1) is 0 Å². The van der Waals surface area contributed by atoms with Crippen LogP contribution in [-0.4, -0.2) is 48.9 Å². The zero-order chi connectivity index (χ0) is 15.0. The summed E-state index contributed by atoms with van der Waals surface area (Å²) in [5.74, 6) is 0. The van der Waals surface area contributed by atoms with Gasteiger partial charge in [-0.2, -0.15) is 0 Å². The van der Waals surface area contributed by atoms with Gasteiger partial charge in [-0.25, -0.2) is 4.79 Å². The summed E-state index contributed by atoms with van der Waals surface area (Å²) in [6.45, 7) is 8.31. The van der Waals surface area contributed by atoms with E-state index < -0.39 is 5.60 Å². The molecule has 0 aromatic rings. The summed E-state index contributed by atoms with van der Waals surface area (Å²) in [5, 5.41) is 2.76. The second-order valence-corrected chi connectivity index (χ2v) is 6.04. The lowest BCUT2D eigenvalue weighted by atomic mass is 10.1. The first kappa shape index (κ1) is 17.1. The predicted octanol–water partition coefficient (Wildman–Crippen LogP) is 2.70. The van der Waals surface area contributed by atoms with E-state index in [9.17, 15) is 4.79 Å². The molecule has 20 heavy (non-hydrogen) atoms. The number of hydrogen-bond donors (Lipinski definition) is 1. The number of amides is 1. The van der Waals surface area contributed by atoms with Crippen molar-refractivity contribution >= 4 is 17.7 Å². The van der Waals surface area contributed by atoms with Gasteiger partial charge in [0.2, 0.25) is 0 Å². The summed E-state index contributed by atoms with van der Waals surface area (Å²) in [6, 6.07) is 0.416. The number of hydrogen-bond acceptors (Lipinski definition) is 4. The highest BCUT2D eigenvalue weighted by molar-refractivity contribution is 6.25. The molecular formula is C14H25ClN2O3. The molecule has 0 spiro atoms. The standard InChI is InChI=1S/C14H25ClN2O3/c1-14(2,3)20-13(18)16-7-9-17(8-6-15)12-4-10-19-11-5-12/h6,8,12H,4-5,7,9-11H2,1-3H3,(H,16,18). The summed E-state index contributed by atoms with van der Waals surface area (Å²) < 4.78 is 10.5. The van der Waals surface area contributed by atoms with Crippen molar-refractivity contribution in [3.63, 3.8) is 0 Å². The highest BCUT2D eigenvalue weighted by atomic mass is 35.5. The lowest BCUT2D eigenvalue weighted by molar-refractivity contribution is 0.0448. The third-order valence-corrected chi connectivity index (χ3v) is 3.06. The van der Waals surface area contributed by atoms with Gasteiger partial charge in [-0.1, -0.05) is 11.6 Å². The fourth-order valence-corrected chi connectivity index (χ4v) is 2.21. The number of halogens is 1. The van der Waals surface area contributed by atoms with E-state index in [2.05, 4.69) is 10.2 Å². The van der Waals surface area contributed by atoms with E-state index in [1.165, 1.54) is 5.54 Å². The Morgan fingerprint density at radius 2 is 2.10 bits per heavy atom. The Kier molecular flexibility index (Phi) is 7.16. The van der Waals surface area contributed by atoms with Crippen LogP contribution in [0.5, 0.6) is 0 Å². The van der Waals surface area contributed by atoms with Crippen molar-refractivity contribution in [2.75, 3.05) is 26.3 Å². The van der Waals surface area contributed by atoms with Crippen molar-refractivity contribution in [1.29, 1.82) is 0 Å². The molecular weight excluding hydrogens is 280 g/mol. The third kappa shape index (κ3) is 7.01. The molecule has 1 aliphatic rings. The number of ether oxygens (including phenoxy) is 2. The Balaban J connectivity index is 2.33. The van der Waals surface area contributed by atoms with Gasteiger partial charge < -0.3 is 19.7 Å². The topological polar surface area (TPSA) is 50.8 Å². The molecule has 1 aliphatic heterocycles. The lowest BCUT2D eigenvalue weighted by Crippen LogP contribution is -2.41. The van der Waals surface area contributed by atoms with Crippen LogP contribution in [0.3, 0.4) is 0 Å². The average molecular weight is 305 g/mol. The first-order valence-electron chi connectivity index (χ1n) is 6.99. The van der Waals surface area contributed by atoms with Crippen LogP contribution < -0.4 is 5.32 Å². The van der Waals surface area contributed by atoms with Gasteiger partial charge in [-0.15, -0.1) is 0 Å².